The van der Waals surface area contributed by atoms with Crippen LogP contribution in [0.15, 0.2) is 30.3 Å². The summed E-state index contributed by atoms with van der Waals surface area (Å²) in [6, 6.07) is 10.0. The Hall–Kier alpha value is -0.880. The van der Waals surface area contributed by atoms with Crippen molar-refractivity contribution in [2.45, 2.75) is 25.9 Å². The van der Waals surface area contributed by atoms with Crippen LogP contribution in [0.3, 0.4) is 0 Å². The van der Waals surface area contributed by atoms with Crippen LogP contribution in [-0.2, 0) is 19.9 Å². The van der Waals surface area contributed by atoms with Crippen molar-refractivity contribution in [3.8, 4) is 0 Å². The van der Waals surface area contributed by atoms with E-state index in [1.54, 1.807) is 0 Å². The van der Waals surface area contributed by atoms with Gasteiger partial charge in [-0.3, -0.25) is 4.68 Å². The third-order valence-corrected chi connectivity index (χ3v) is 3.77. The first kappa shape index (κ1) is 13.5. The lowest BCUT2D eigenvalue weighted by molar-refractivity contribution is 0.176. The molecule has 4 heteroatoms. The monoisotopic (exact) mass is 356 g/mol. The number of hydrogen-bond donors (Lipinski definition) is 1. The Morgan fingerprint density at radius 2 is 2.00 bits per heavy atom. The Morgan fingerprint density at radius 3 is 2.56 bits per heavy atom. The van der Waals surface area contributed by atoms with Gasteiger partial charge in [-0.05, 0) is 52.8 Å². The molecular weight excluding hydrogens is 339 g/mol. The molecule has 0 aliphatic rings. The minimum Gasteiger partial charge on any atom is -0.388 e. The number of aliphatic hydroxyl groups is 1. The van der Waals surface area contributed by atoms with Crippen LogP contribution in [0.5, 0.6) is 0 Å². The van der Waals surface area contributed by atoms with Crippen LogP contribution >= 0.6 is 22.6 Å². The Kier molecular flexibility index (Phi) is 4.40. The number of benzene rings is 1. The van der Waals surface area contributed by atoms with Gasteiger partial charge in [-0.25, -0.2) is 0 Å². The lowest BCUT2D eigenvalue weighted by atomic mass is 10.0. The van der Waals surface area contributed by atoms with E-state index in [1.165, 1.54) is 3.57 Å². The molecule has 2 rings (SSSR count). The Morgan fingerprint density at radius 1 is 1.33 bits per heavy atom. The SMILES string of the molecule is CCc1cc(CC(O)c2ccc(I)cc2)n(C)n1. The maximum absolute atomic E-state index is 10.2. The van der Waals surface area contributed by atoms with Gasteiger partial charge in [0.15, 0.2) is 0 Å². The summed E-state index contributed by atoms with van der Waals surface area (Å²) in [7, 11) is 1.93. The van der Waals surface area contributed by atoms with Gasteiger partial charge in [0.05, 0.1) is 11.8 Å². The molecule has 0 amide bonds. The van der Waals surface area contributed by atoms with Crippen molar-refractivity contribution in [3.05, 3.63) is 50.9 Å². The van der Waals surface area contributed by atoms with Crippen LogP contribution in [0, 0.1) is 3.57 Å². The average molecular weight is 356 g/mol. The molecule has 1 atom stereocenters. The van der Waals surface area contributed by atoms with Crippen molar-refractivity contribution in [2.24, 2.45) is 7.05 Å². The number of hydrogen-bond acceptors (Lipinski definition) is 2. The zero-order valence-corrected chi connectivity index (χ0v) is 12.8. The van der Waals surface area contributed by atoms with Gasteiger partial charge in [0.1, 0.15) is 0 Å². The van der Waals surface area contributed by atoms with Gasteiger partial charge in [0.2, 0.25) is 0 Å². The van der Waals surface area contributed by atoms with Gasteiger partial charge < -0.3 is 5.11 Å². The third kappa shape index (κ3) is 3.11. The molecule has 1 unspecified atom stereocenters. The molecule has 96 valence electrons. The van der Waals surface area contributed by atoms with Crippen LogP contribution in [-0.4, -0.2) is 14.9 Å². The molecule has 0 radical (unpaired) electrons. The summed E-state index contributed by atoms with van der Waals surface area (Å²) < 4.78 is 3.03. The van der Waals surface area contributed by atoms with Crippen molar-refractivity contribution < 1.29 is 5.11 Å². The van der Waals surface area contributed by atoms with E-state index in [-0.39, 0.29) is 0 Å². The zero-order valence-electron chi connectivity index (χ0n) is 10.6. The molecule has 0 fully saturated rings. The first-order valence-corrected chi connectivity index (χ1v) is 7.13. The van der Waals surface area contributed by atoms with E-state index in [1.807, 2.05) is 36.0 Å². The van der Waals surface area contributed by atoms with Gasteiger partial charge in [-0.15, -0.1) is 0 Å². The van der Waals surface area contributed by atoms with Crippen LogP contribution < -0.4 is 0 Å². The Labute approximate surface area is 121 Å². The molecule has 1 aromatic carbocycles. The molecule has 0 aliphatic heterocycles. The largest absolute Gasteiger partial charge is 0.388 e. The molecule has 1 aromatic heterocycles. The first-order chi connectivity index (χ1) is 8.60. The molecule has 18 heavy (non-hydrogen) atoms. The van der Waals surface area contributed by atoms with Crippen LogP contribution in [0.25, 0.3) is 0 Å². The second-order valence-electron chi connectivity index (χ2n) is 4.38. The number of nitrogens with zero attached hydrogens (tertiary/aromatic N) is 2. The van der Waals surface area contributed by atoms with E-state index in [4.69, 9.17) is 0 Å². The van der Waals surface area contributed by atoms with Crippen LogP contribution in [0.2, 0.25) is 0 Å². The van der Waals surface area contributed by atoms with E-state index in [9.17, 15) is 5.11 Å². The number of aryl methyl sites for hydroxylation is 2. The smallest absolute Gasteiger partial charge is 0.0845 e. The maximum Gasteiger partial charge on any atom is 0.0845 e. The van der Waals surface area contributed by atoms with Gasteiger partial charge in [-0.2, -0.15) is 5.10 Å². The summed E-state index contributed by atoms with van der Waals surface area (Å²) in [5.74, 6) is 0. The lowest BCUT2D eigenvalue weighted by Crippen LogP contribution is -2.06. The Bertz CT molecular complexity index is 519. The van der Waals surface area contributed by atoms with E-state index in [0.29, 0.717) is 6.42 Å². The summed E-state index contributed by atoms with van der Waals surface area (Å²) in [4.78, 5) is 0. The zero-order chi connectivity index (χ0) is 13.1. The van der Waals surface area contributed by atoms with Crippen molar-refractivity contribution in [3.63, 3.8) is 0 Å². The summed E-state index contributed by atoms with van der Waals surface area (Å²) in [6.07, 6.45) is 1.06. The number of aromatic nitrogens is 2. The summed E-state index contributed by atoms with van der Waals surface area (Å²) in [5, 5.41) is 14.6. The Balaban J connectivity index is 2.13. The summed E-state index contributed by atoms with van der Waals surface area (Å²) in [5.41, 5.74) is 3.09. The van der Waals surface area contributed by atoms with E-state index < -0.39 is 6.10 Å². The number of halogens is 1. The molecule has 2 aromatic rings. The second kappa shape index (κ2) is 5.84. The fourth-order valence-corrected chi connectivity index (χ4v) is 2.30. The minimum atomic E-state index is -0.470. The van der Waals surface area contributed by atoms with E-state index in [0.717, 1.165) is 23.4 Å². The topological polar surface area (TPSA) is 38.0 Å². The number of aliphatic hydroxyl groups excluding tert-OH is 1. The van der Waals surface area contributed by atoms with Crippen LogP contribution in [0.1, 0.15) is 30.0 Å². The molecular formula is C14H17IN2O. The molecule has 0 spiro atoms. The highest BCUT2D eigenvalue weighted by Gasteiger charge is 2.12. The highest BCUT2D eigenvalue weighted by Crippen LogP contribution is 2.19. The van der Waals surface area contributed by atoms with Gasteiger partial charge in [0, 0.05) is 22.7 Å². The molecule has 1 N–H and O–H groups in total. The fraction of sp³-hybridized carbons (Fsp3) is 0.357. The van der Waals surface area contributed by atoms with Crippen molar-refractivity contribution in [1.29, 1.82) is 0 Å². The lowest BCUT2D eigenvalue weighted by Gasteiger charge is -2.11. The molecule has 0 saturated heterocycles. The molecule has 1 heterocycles. The van der Waals surface area contributed by atoms with Gasteiger partial charge in [-0.1, -0.05) is 19.1 Å². The second-order valence-corrected chi connectivity index (χ2v) is 5.62. The van der Waals surface area contributed by atoms with Gasteiger partial charge >= 0.3 is 0 Å². The maximum atomic E-state index is 10.2. The van der Waals surface area contributed by atoms with Gasteiger partial charge in [0.25, 0.3) is 0 Å². The molecule has 0 aliphatic carbocycles. The quantitative estimate of drug-likeness (QED) is 0.856. The standard InChI is InChI=1S/C14H17IN2O/c1-3-12-8-13(17(2)16-12)9-14(18)10-4-6-11(15)7-5-10/h4-8,14,18H,3,9H2,1-2H3. The van der Waals surface area contributed by atoms with Crippen molar-refractivity contribution in [2.75, 3.05) is 0 Å². The molecule has 3 nitrogen and oxygen atoms in total. The summed E-state index contributed by atoms with van der Waals surface area (Å²) in [6.45, 7) is 2.08. The van der Waals surface area contributed by atoms with Crippen molar-refractivity contribution >= 4 is 22.6 Å². The first-order valence-electron chi connectivity index (χ1n) is 6.05. The molecule has 0 bridgehead atoms. The predicted molar refractivity (Wildman–Crippen MR) is 80.4 cm³/mol. The minimum absolute atomic E-state index is 0.470. The third-order valence-electron chi connectivity index (χ3n) is 3.05. The predicted octanol–water partition coefficient (Wildman–Crippen LogP) is 2.86. The summed E-state index contributed by atoms with van der Waals surface area (Å²) >= 11 is 2.26. The van der Waals surface area contributed by atoms with E-state index >= 15 is 0 Å². The van der Waals surface area contributed by atoms with Crippen molar-refractivity contribution in [1.82, 2.24) is 9.78 Å². The average Bonchev–Trinajstić information content (AvgIpc) is 2.71. The highest BCUT2D eigenvalue weighted by molar-refractivity contribution is 14.1. The van der Waals surface area contributed by atoms with Crippen LogP contribution in [0.4, 0.5) is 0 Å². The van der Waals surface area contributed by atoms with E-state index in [2.05, 4.69) is 40.7 Å². The normalized spacial score (nSPS) is 12.7. The highest BCUT2D eigenvalue weighted by atomic mass is 127. The number of rotatable bonds is 4. The fourth-order valence-electron chi connectivity index (χ4n) is 1.94. The molecule has 0 saturated carbocycles.